The quantitative estimate of drug-likeness (QED) is 0.621. The number of nitrogens with two attached hydrogens (primary N) is 1. The third kappa shape index (κ3) is 1.03. The van der Waals surface area contributed by atoms with Crippen molar-refractivity contribution in [1.82, 2.24) is 14.8 Å². The summed E-state index contributed by atoms with van der Waals surface area (Å²) in [7, 11) is 0. The van der Waals surface area contributed by atoms with Crippen LogP contribution in [0.15, 0.2) is 6.33 Å². The van der Waals surface area contributed by atoms with Gasteiger partial charge in [0.1, 0.15) is 12.2 Å². The Morgan fingerprint density at radius 1 is 1.73 bits per heavy atom. The average molecular weight is 152 g/mol. The van der Waals surface area contributed by atoms with E-state index in [4.69, 9.17) is 5.73 Å². The van der Waals surface area contributed by atoms with E-state index in [0.29, 0.717) is 12.5 Å². The minimum atomic E-state index is 0.436. The molecule has 1 aliphatic rings. The van der Waals surface area contributed by atoms with Crippen LogP contribution in [0.3, 0.4) is 0 Å². The summed E-state index contributed by atoms with van der Waals surface area (Å²) in [6.07, 6.45) is 4.15. The highest BCUT2D eigenvalue weighted by atomic mass is 15.3. The minimum Gasteiger partial charge on any atom is -0.330 e. The van der Waals surface area contributed by atoms with E-state index in [1.54, 1.807) is 6.33 Å². The Bertz CT molecular complexity index is 242. The lowest BCUT2D eigenvalue weighted by Crippen LogP contribution is -2.21. The van der Waals surface area contributed by atoms with E-state index in [2.05, 4.69) is 14.8 Å². The summed E-state index contributed by atoms with van der Waals surface area (Å²) >= 11 is 0. The van der Waals surface area contributed by atoms with Gasteiger partial charge in [0.2, 0.25) is 0 Å². The van der Waals surface area contributed by atoms with Crippen molar-refractivity contribution in [3.05, 3.63) is 12.2 Å². The predicted octanol–water partition coefficient (Wildman–Crippen LogP) is 0.114. The number of hydrogen-bond acceptors (Lipinski definition) is 3. The first-order valence-corrected chi connectivity index (χ1v) is 3.99. The lowest BCUT2D eigenvalue weighted by Gasteiger charge is -2.20. The molecular formula is C7H12N4. The van der Waals surface area contributed by atoms with Crippen molar-refractivity contribution < 1.29 is 0 Å². The maximum atomic E-state index is 5.60. The van der Waals surface area contributed by atoms with Gasteiger partial charge in [0.25, 0.3) is 0 Å². The first-order chi connectivity index (χ1) is 5.42. The molecule has 0 aliphatic carbocycles. The Hall–Kier alpha value is -0.900. The largest absolute Gasteiger partial charge is 0.330 e. The van der Waals surface area contributed by atoms with Gasteiger partial charge >= 0.3 is 0 Å². The van der Waals surface area contributed by atoms with E-state index < -0.39 is 0 Å². The van der Waals surface area contributed by atoms with Gasteiger partial charge in [0.05, 0.1) is 0 Å². The highest BCUT2D eigenvalue weighted by Gasteiger charge is 2.20. The second kappa shape index (κ2) is 2.62. The second-order valence-electron chi connectivity index (χ2n) is 2.96. The van der Waals surface area contributed by atoms with Crippen LogP contribution in [-0.2, 0) is 6.54 Å². The number of nitrogens with zero attached hydrogens (tertiary/aromatic N) is 3. The Kier molecular flexibility index (Phi) is 1.62. The average Bonchev–Trinajstić information content (AvgIpc) is 2.50. The van der Waals surface area contributed by atoms with Crippen LogP contribution in [0.1, 0.15) is 24.6 Å². The van der Waals surface area contributed by atoms with Crippen molar-refractivity contribution >= 4 is 0 Å². The van der Waals surface area contributed by atoms with Gasteiger partial charge in [-0.3, -0.25) is 0 Å². The zero-order valence-corrected chi connectivity index (χ0v) is 6.40. The minimum absolute atomic E-state index is 0.436. The third-order valence-corrected chi connectivity index (χ3v) is 2.25. The summed E-state index contributed by atoms with van der Waals surface area (Å²) in [5, 5.41) is 7.90. The molecule has 0 spiro atoms. The van der Waals surface area contributed by atoms with Gasteiger partial charge in [-0.15, -0.1) is 10.2 Å². The fourth-order valence-corrected chi connectivity index (χ4v) is 1.61. The number of hydrogen-bond donors (Lipinski definition) is 1. The van der Waals surface area contributed by atoms with Crippen molar-refractivity contribution in [2.24, 2.45) is 5.73 Å². The topological polar surface area (TPSA) is 56.7 Å². The molecule has 2 N–H and O–H groups in total. The van der Waals surface area contributed by atoms with Gasteiger partial charge in [0, 0.05) is 19.0 Å². The SMILES string of the molecule is NCC1CCCn2cnnc21. The summed E-state index contributed by atoms with van der Waals surface area (Å²) in [4.78, 5) is 0. The molecule has 1 aromatic heterocycles. The highest BCUT2D eigenvalue weighted by Crippen LogP contribution is 2.23. The Morgan fingerprint density at radius 3 is 3.45 bits per heavy atom. The molecule has 0 fully saturated rings. The van der Waals surface area contributed by atoms with Crippen molar-refractivity contribution in [1.29, 1.82) is 0 Å². The molecule has 0 amide bonds. The van der Waals surface area contributed by atoms with Crippen molar-refractivity contribution in [3.8, 4) is 0 Å². The lowest BCUT2D eigenvalue weighted by atomic mass is 9.99. The first kappa shape index (κ1) is 6.79. The lowest BCUT2D eigenvalue weighted by molar-refractivity contribution is 0.448. The molecule has 0 aromatic carbocycles. The normalized spacial score (nSPS) is 23.2. The molecule has 60 valence electrons. The number of aromatic nitrogens is 3. The van der Waals surface area contributed by atoms with Gasteiger partial charge in [-0.05, 0) is 12.8 Å². The molecule has 1 atom stereocenters. The van der Waals surface area contributed by atoms with E-state index in [1.807, 2.05) is 0 Å². The molecule has 0 radical (unpaired) electrons. The zero-order valence-electron chi connectivity index (χ0n) is 6.40. The van der Waals surface area contributed by atoms with Crippen LogP contribution in [0.2, 0.25) is 0 Å². The summed E-state index contributed by atoms with van der Waals surface area (Å²) in [5.74, 6) is 1.50. The molecular weight excluding hydrogens is 140 g/mol. The van der Waals surface area contributed by atoms with Crippen LogP contribution in [0.4, 0.5) is 0 Å². The van der Waals surface area contributed by atoms with Crippen LogP contribution >= 0.6 is 0 Å². The van der Waals surface area contributed by atoms with Crippen molar-refractivity contribution in [2.45, 2.75) is 25.3 Å². The van der Waals surface area contributed by atoms with E-state index in [-0.39, 0.29) is 0 Å². The summed E-state index contributed by atoms with van der Waals surface area (Å²) in [6, 6.07) is 0. The summed E-state index contributed by atoms with van der Waals surface area (Å²) in [5.41, 5.74) is 5.60. The third-order valence-electron chi connectivity index (χ3n) is 2.25. The van der Waals surface area contributed by atoms with E-state index in [0.717, 1.165) is 18.8 Å². The van der Waals surface area contributed by atoms with Crippen LogP contribution in [0, 0.1) is 0 Å². The van der Waals surface area contributed by atoms with Gasteiger partial charge in [-0.25, -0.2) is 0 Å². The Balaban J connectivity index is 2.32. The highest BCUT2D eigenvalue weighted by molar-refractivity contribution is 4.99. The monoisotopic (exact) mass is 152 g/mol. The molecule has 1 aromatic rings. The van der Waals surface area contributed by atoms with Crippen molar-refractivity contribution in [2.75, 3.05) is 6.54 Å². The maximum absolute atomic E-state index is 5.60. The maximum Gasteiger partial charge on any atom is 0.137 e. The smallest absolute Gasteiger partial charge is 0.137 e. The molecule has 4 heteroatoms. The molecule has 0 bridgehead atoms. The zero-order chi connectivity index (χ0) is 7.68. The number of aryl methyl sites for hydroxylation is 1. The first-order valence-electron chi connectivity index (χ1n) is 3.99. The molecule has 11 heavy (non-hydrogen) atoms. The Labute approximate surface area is 65.4 Å². The van der Waals surface area contributed by atoms with Gasteiger partial charge < -0.3 is 10.3 Å². The molecule has 0 saturated carbocycles. The van der Waals surface area contributed by atoms with Gasteiger partial charge in [-0.2, -0.15) is 0 Å². The molecule has 4 nitrogen and oxygen atoms in total. The standard InChI is InChI=1S/C7H12N4/c8-4-6-2-1-3-11-5-9-10-7(6)11/h5-6H,1-4,8H2. The van der Waals surface area contributed by atoms with Crippen LogP contribution < -0.4 is 5.73 Å². The second-order valence-corrected chi connectivity index (χ2v) is 2.96. The van der Waals surface area contributed by atoms with Crippen LogP contribution in [0.5, 0.6) is 0 Å². The molecule has 2 heterocycles. The number of rotatable bonds is 1. The molecule has 1 aliphatic heterocycles. The summed E-state index contributed by atoms with van der Waals surface area (Å²) < 4.78 is 2.10. The van der Waals surface area contributed by atoms with Crippen LogP contribution in [-0.4, -0.2) is 21.3 Å². The van der Waals surface area contributed by atoms with E-state index >= 15 is 0 Å². The summed E-state index contributed by atoms with van der Waals surface area (Å²) in [6.45, 7) is 1.75. The van der Waals surface area contributed by atoms with E-state index in [1.165, 1.54) is 6.42 Å². The fourth-order valence-electron chi connectivity index (χ4n) is 1.61. The van der Waals surface area contributed by atoms with Crippen molar-refractivity contribution in [3.63, 3.8) is 0 Å². The number of fused-ring (bicyclic) bond motifs is 1. The van der Waals surface area contributed by atoms with Gasteiger partial charge in [0.15, 0.2) is 0 Å². The molecule has 2 rings (SSSR count). The van der Waals surface area contributed by atoms with E-state index in [9.17, 15) is 0 Å². The Morgan fingerprint density at radius 2 is 2.64 bits per heavy atom. The molecule has 1 unspecified atom stereocenters. The fraction of sp³-hybridized carbons (Fsp3) is 0.714. The van der Waals surface area contributed by atoms with Crippen LogP contribution in [0.25, 0.3) is 0 Å². The molecule has 0 saturated heterocycles. The predicted molar refractivity (Wildman–Crippen MR) is 41.1 cm³/mol. The van der Waals surface area contributed by atoms with Gasteiger partial charge in [-0.1, -0.05) is 0 Å².